The van der Waals surface area contributed by atoms with Crippen LogP contribution in [-0.2, 0) is 11.3 Å². The molecule has 0 radical (unpaired) electrons. The smallest absolute Gasteiger partial charge is 0.261 e. The van der Waals surface area contributed by atoms with E-state index in [1.165, 1.54) is 11.3 Å². The molecule has 4 rings (SSSR count). The Bertz CT molecular complexity index is 1350. The highest BCUT2D eigenvalue weighted by atomic mass is 35.5. The van der Waals surface area contributed by atoms with Gasteiger partial charge in [0.25, 0.3) is 5.91 Å². The largest absolute Gasteiger partial charge is 0.342 e. The van der Waals surface area contributed by atoms with Crippen molar-refractivity contribution >= 4 is 50.7 Å². The summed E-state index contributed by atoms with van der Waals surface area (Å²) in [4.78, 5) is 26.6. The summed E-state index contributed by atoms with van der Waals surface area (Å²) >= 11 is 7.66. The predicted molar refractivity (Wildman–Crippen MR) is 135 cm³/mol. The third kappa shape index (κ3) is 4.94. The maximum absolute atomic E-state index is 12.8. The maximum atomic E-state index is 12.8. The molecule has 170 valence electrons. The third-order valence-corrected chi connectivity index (χ3v) is 6.98. The van der Waals surface area contributed by atoms with Crippen LogP contribution in [0.4, 0.5) is 5.69 Å². The van der Waals surface area contributed by atoms with Gasteiger partial charge in [-0.2, -0.15) is 5.10 Å². The zero-order valence-electron chi connectivity index (χ0n) is 19.0. The molecule has 0 saturated carbocycles. The summed E-state index contributed by atoms with van der Waals surface area (Å²) in [7, 11) is 0. The molecule has 2 aromatic carbocycles. The second kappa shape index (κ2) is 9.37. The fourth-order valence-electron chi connectivity index (χ4n) is 3.93. The summed E-state index contributed by atoms with van der Waals surface area (Å²) in [6.07, 6.45) is 0. The first-order valence-electron chi connectivity index (χ1n) is 10.6. The third-order valence-electron chi connectivity index (χ3n) is 5.46. The molecule has 0 aliphatic rings. The zero-order valence-corrected chi connectivity index (χ0v) is 20.5. The molecule has 0 aliphatic carbocycles. The number of carbonyl (C=O) groups is 2. The molecular weight excluding hydrogens is 456 g/mol. The van der Waals surface area contributed by atoms with Crippen molar-refractivity contribution in [3.05, 3.63) is 80.3 Å². The molecule has 4 aromatic rings. The molecule has 0 aliphatic heterocycles. The fraction of sp³-hybridized carbons (Fsp3) is 0.240. The quantitative estimate of drug-likeness (QED) is 0.388. The van der Waals surface area contributed by atoms with Gasteiger partial charge in [0.05, 0.1) is 23.7 Å². The second-order valence-corrected chi connectivity index (χ2v) is 9.61. The highest BCUT2D eigenvalue weighted by Gasteiger charge is 2.18. The van der Waals surface area contributed by atoms with E-state index < -0.39 is 0 Å². The molecule has 2 amide bonds. The number of benzene rings is 2. The average Bonchev–Trinajstić information content (AvgIpc) is 3.32. The summed E-state index contributed by atoms with van der Waals surface area (Å²) in [6, 6.07) is 13.5. The Morgan fingerprint density at radius 1 is 1.06 bits per heavy atom. The number of nitrogens with one attached hydrogen (secondary N) is 2. The standard InChI is InChI=1S/C25H25ClN4O2S/c1-14-9-15(2)23(16(3)10-14)28-22(31)12-27-24(32)21-11-19-17(4)29-30(25(19)33-21)13-18-7-5-6-8-20(18)26/h5-11H,12-13H2,1-4H3,(H,27,32)(H,28,31). The van der Waals surface area contributed by atoms with E-state index in [9.17, 15) is 9.59 Å². The van der Waals surface area contributed by atoms with Gasteiger partial charge in [-0.15, -0.1) is 11.3 Å². The number of hydrogen-bond donors (Lipinski definition) is 2. The van der Waals surface area contributed by atoms with Gasteiger partial charge >= 0.3 is 0 Å². The lowest BCUT2D eigenvalue weighted by Crippen LogP contribution is -2.32. The van der Waals surface area contributed by atoms with Gasteiger partial charge in [-0.25, -0.2) is 0 Å². The van der Waals surface area contributed by atoms with Gasteiger partial charge in [0, 0.05) is 16.1 Å². The van der Waals surface area contributed by atoms with Crippen molar-refractivity contribution in [2.75, 3.05) is 11.9 Å². The fourth-order valence-corrected chi connectivity index (χ4v) is 5.20. The number of aryl methyl sites for hydroxylation is 4. The summed E-state index contributed by atoms with van der Waals surface area (Å²) in [5.41, 5.74) is 5.73. The first-order chi connectivity index (χ1) is 15.7. The van der Waals surface area contributed by atoms with E-state index in [2.05, 4.69) is 15.7 Å². The average molecular weight is 481 g/mol. The second-order valence-electron chi connectivity index (χ2n) is 8.17. The minimum absolute atomic E-state index is 0.107. The molecule has 2 N–H and O–H groups in total. The lowest BCUT2D eigenvalue weighted by atomic mass is 10.1. The van der Waals surface area contributed by atoms with E-state index in [-0.39, 0.29) is 18.4 Å². The Kier molecular flexibility index (Phi) is 6.54. The first-order valence-corrected chi connectivity index (χ1v) is 11.8. The first kappa shape index (κ1) is 23.0. The van der Waals surface area contributed by atoms with Crippen molar-refractivity contribution in [1.82, 2.24) is 15.1 Å². The van der Waals surface area contributed by atoms with Crippen molar-refractivity contribution in [2.24, 2.45) is 0 Å². The van der Waals surface area contributed by atoms with Crippen LogP contribution in [0.25, 0.3) is 10.2 Å². The van der Waals surface area contributed by atoms with Crippen molar-refractivity contribution < 1.29 is 9.59 Å². The van der Waals surface area contributed by atoms with E-state index in [0.717, 1.165) is 43.9 Å². The van der Waals surface area contributed by atoms with E-state index in [1.807, 2.05) is 74.8 Å². The number of amides is 2. The molecule has 0 fully saturated rings. The van der Waals surface area contributed by atoms with E-state index in [1.54, 1.807) is 0 Å². The molecule has 6 nitrogen and oxygen atoms in total. The highest BCUT2D eigenvalue weighted by molar-refractivity contribution is 7.20. The number of fused-ring (bicyclic) bond motifs is 1. The molecule has 0 unspecified atom stereocenters. The van der Waals surface area contributed by atoms with Gasteiger partial charge < -0.3 is 10.6 Å². The molecule has 8 heteroatoms. The SMILES string of the molecule is Cc1cc(C)c(NC(=O)CNC(=O)c2cc3c(C)nn(Cc4ccccc4Cl)c3s2)c(C)c1. The van der Waals surface area contributed by atoms with Crippen LogP contribution in [0.1, 0.15) is 37.6 Å². The van der Waals surface area contributed by atoms with Crippen LogP contribution in [0, 0.1) is 27.7 Å². The predicted octanol–water partition coefficient (Wildman–Crippen LogP) is 5.40. The summed E-state index contributed by atoms with van der Waals surface area (Å²) in [5, 5.41) is 11.8. The van der Waals surface area contributed by atoms with Gasteiger partial charge in [0.2, 0.25) is 5.91 Å². The molecule has 2 heterocycles. The van der Waals surface area contributed by atoms with Crippen LogP contribution in [0.2, 0.25) is 5.02 Å². The summed E-state index contributed by atoms with van der Waals surface area (Å²) in [6.45, 7) is 8.26. The van der Waals surface area contributed by atoms with E-state index in [4.69, 9.17) is 11.6 Å². The Morgan fingerprint density at radius 2 is 1.76 bits per heavy atom. The van der Waals surface area contributed by atoms with Crippen LogP contribution >= 0.6 is 22.9 Å². The van der Waals surface area contributed by atoms with Crippen LogP contribution in [-0.4, -0.2) is 28.1 Å². The van der Waals surface area contributed by atoms with Gasteiger partial charge in [-0.1, -0.05) is 47.5 Å². The van der Waals surface area contributed by atoms with Crippen molar-refractivity contribution in [1.29, 1.82) is 0 Å². The number of carbonyl (C=O) groups excluding carboxylic acids is 2. The Morgan fingerprint density at radius 3 is 2.45 bits per heavy atom. The molecule has 0 atom stereocenters. The molecule has 0 saturated heterocycles. The van der Waals surface area contributed by atoms with E-state index >= 15 is 0 Å². The number of nitrogens with zero attached hydrogens (tertiary/aromatic N) is 2. The number of hydrogen-bond acceptors (Lipinski definition) is 4. The minimum atomic E-state index is -0.285. The molecule has 2 aromatic heterocycles. The number of rotatable bonds is 6. The van der Waals surface area contributed by atoms with Crippen molar-refractivity contribution in [3.8, 4) is 0 Å². The minimum Gasteiger partial charge on any atom is -0.342 e. The lowest BCUT2D eigenvalue weighted by molar-refractivity contribution is -0.115. The van der Waals surface area contributed by atoms with Crippen LogP contribution in [0.3, 0.4) is 0 Å². The molecule has 0 spiro atoms. The number of thiophene rings is 1. The van der Waals surface area contributed by atoms with Gasteiger partial charge in [0.1, 0.15) is 4.83 Å². The summed E-state index contributed by atoms with van der Waals surface area (Å²) < 4.78 is 1.86. The van der Waals surface area contributed by atoms with Crippen molar-refractivity contribution in [3.63, 3.8) is 0 Å². The Labute approximate surface area is 201 Å². The van der Waals surface area contributed by atoms with Gasteiger partial charge in [0.15, 0.2) is 0 Å². The van der Waals surface area contributed by atoms with Gasteiger partial charge in [-0.05, 0) is 56.5 Å². The van der Waals surface area contributed by atoms with Gasteiger partial charge in [-0.3, -0.25) is 14.3 Å². The molecule has 0 bridgehead atoms. The summed E-state index contributed by atoms with van der Waals surface area (Å²) in [5.74, 6) is -0.548. The lowest BCUT2D eigenvalue weighted by Gasteiger charge is -2.13. The zero-order chi connectivity index (χ0) is 23.7. The van der Waals surface area contributed by atoms with Crippen molar-refractivity contribution in [2.45, 2.75) is 34.2 Å². The van der Waals surface area contributed by atoms with Crippen LogP contribution < -0.4 is 10.6 Å². The van der Waals surface area contributed by atoms with Crippen LogP contribution in [0.15, 0.2) is 42.5 Å². The molecular formula is C25H25ClN4O2S. The molecule has 33 heavy (non-hydrogen) atoms. The highest BCUT2D eigenvalue weighted by Crippen LogP contribution is 2.29. The van der Waals surface area contributed by atoms with Crippen LogP contribution in [0.5, 0.6) is 0 Å². The Balaban J connectivity index is 1.45. The monoisotopic (exact) mass is 480 g/mol. The topological polar surface area (TPSA) is 76.0 Å². The van der Waals surface area contributed by atoms with E-state index in [0.29, 0.717) is 16.4 Å². The maximum Gasteiger partial charge on any atom is 0.261 e. The number of aromatic nitrogens is 2. The number of anilines is 1. The number of halogens is 1. The normalized spacial score (nSPS) is 11.1. The Hall–Kier alpha value is -3.16.